The molecule has 2 saturated heterocycles. The molecule has 0 spiro atoms. The second kappa shape index (κ2) is 6.64. The summed E-state index contributed by atoms with van der Waals surface area (Å²) in [7, 11) is 0. The number of hydrogen-bond acceptors (Lipinski definition) is 3. The molecule has 2 aromatic rings. The van der Waals surface area contributed by atoms with E-state index in [1.807, 2.05) is 17.0 Å². The zero-order valence-electron chi connectivity index (χ0n) is 15.0. The lowest BCUT2D eigenvalue weighted by molar-refractivity contribution is 0.00217. The number of nitrogens with zero attached hydrogens (tertiary/aromatic N) is 3. The first-order valence-corrected chi connectivity index (χ1v) is 9.29. The minimum absolute atomic E-state index is 0.0890. The van der Waals surface area contributed by atoms with E-state index in [0.29, 0.717) is 17.6 Å². The lowest BCUT2D eigenvalue weighted by Crippen LogP contribution is -2.63. The Hall–Kier alpha value is -2.14. The van der Waals surface area contributed by atoms with Crippen LogP contribution in [0.5, 0.6) is 0 Å². The number of H-pyrrole nitrogens is 1. The van der Waals surface area contributed by atoms with E-state index in [0.717, 1.165) is 24.3 Å². The van der Waals surface area contributed by atoms with E-state index < -0.39 is 0 Å². The number of amides is 1. The molecule has 132 valence electrons. The maximum Gasteiger partial charge on any atom is 0.257 e. The number of hydrogen-bond donors (Lipinski definition) is 1. The molecule has 3 heterocycles. The third-order valence-electron chi connectivity index (χ3n) is 5.65. The van der Waals surface area contributed by atoms with Crippen LogP contribution < -0.4 is 0 Å². The fourth-order valence-corrected chi connectivity index (χ4v) is 4.13. The summed E-state index contributed by atoms with van der Waals surface area (Å²) in [6.45, 7) is 7.22. The standard InChI is InChI=1S/C20H26N4O/c1-14-6-5-8-16(10-14)19-18(11-21-22-19)20(25)23-12-17(13-23)24-9-4-3-7-15(24)2/h5-6,8,10-11,15,17H,3-4,7,9,12-13H2,1-2H3,(H,21,22). The quantitative estimate of drug-likeness (QED) is 0.936. The fourth-order valence-electron chi connectivity index (χ4n) is 4.13. The van der Waals surface area contributed by atoms with Crippen molar-refractivity contribution in [3.63, 3.8) is 0 Å². The van der Waals surface area contributed by atoms with Gasteiger partial charge in [-0.3, -0.25) is 14.8 Å². The highest BCUT2D eigenvalue weighted by Gasteiger charge is 2.38. The molecule has 1 amide bonds. The van der Waals surface area contributed by atoms with Gasteiger partial charge in [-0.2, -0.15) is 5.10 Å². The SMILES string of the molecule is Cc1cccc(-c2[nH]ncc2C(=O)N2CC(N3CCCCC3C)C2)c1. The molecule has 2 aliphatic rings. The number of carbonyl (C=O) groups excluding carboxylic acids is 1. The molecule has 0 bridgehead atoms. The van der Waals surface area contributed by atoms with Gasteiger partial charge in [0.05, 0.1) is 17.5 Å². The Bertz CT molecular complexity index is 763. The van der Waals surface area contributed by atoms with Gasteiger partial charge in [-0.25, -0.2) is 0 Å². The van der Waals surface area contributed by atoms with Gasteiger partial charge in [-0.15, -0.1) is 0 Å². The highest BCUT2D eigenvalue weighted by molar-refractivity contribution is 6.00. The lowest BCUT2D eigenvalue weighted by Gasteiger charge is -2.49. The first kappa shape index (κ1) is 16.3. The minimum atomic E-state index is 0.0890. The van der Waals surface area contributed by atoms with Crippen molar-refractivity contribution in [1.29, 1.82) is 0 Å². The lowest BCUT2D eigenvalue weighted by atomic mass is 9.96. The van der Waals surface area contributed by atoms with Gasteiger partial charge >= 0.3 is 0 Å². The second-order valence-corrected chi connectivity index (χ2v) is 7.47. The normalized spacial score (nSPS) is 22.0. The van der Waals surface area contributed by atoms with Crippen molar-refractivity contribution >= 4 is 5.91 Å². The molecule has 2 aliphatic heterocycles. The van der Waals surface area contributed by atoms with Gasteiger partial charge in [0.15, 0.2) is 0 Å². The molecule has 1 aromatic heterocycles. The molecule has 1 N–H and O–H groups in total. The Labute approximate surface area is 149 Å². The maximum absolute atomic E-state index is 12.9. The summed E-state index contributed by atoms with van der Waals surface area (Å²) in [4.78, 5) is 17.5. The van der Waals surface area contributed by atoms with Crippen molar-refractivity contribution in [3.8, 4) is 11.3 Å². The highest BCUT2D eigenvalue weighted by Crippen LogP contribution is 2.28. The van der Waals surface area contributed by atoms with Crippen molar-refractivity contribution in [2.24, 2.45) is 0 Å². The van der Waals surface area contributed by atoms with Crippen LogP contribution in [0, 0.1) is 6.92 Å². The minimum Gasteiger partial charge on any atom is -0.335 e. The van der Waals surface area contributed by atoms with Crippen molar-refractivity contribution < 1.29 is 4.79 Å². The molecule has 1 atom stereocenters. The largest absolute Gasteiger partial charge is 0.335 e. The fraction of sp³-hybridized carbons (Fsp3) is 0.500. The second-order valence-electron chi connectivity index (χ2n) is 7.47. The number of rotatable bonds is 3. The number of benzene rings is 1. The zero-order chi connectivity index (χ0) is 17.4. The Morgan fingerprint density at radius 1 is 1.28 bits per heavy atom. The van der Waals surface area contributed by atoms with Crippen LogP contribution in [0.25, 0.3) is 11.3 Å². The zero-order valence-corrected chi connectivity index (χ0v) is 15.0. The summed E-state index contributed by atoms with van der Waals surface area (Å²) < 4.78 is 0. The average molecular weight is 338 g/mol. The molecule has 5 nitrogen and oxygen atoms in total. The van der Waals surface area contributed by atoms with Crippen molar-refractivity contribution in [2.75, 3.05) is 19.6 Å². The molecule has 1 unspecified atom stereocenters. The summed E-state index contributed by atoms with van der Waals surface area (Å²) in [5.74, 6) is 0.0890. The van der Waals surface area contributed by atoms with Crippen molar-refractivity contribution in [3.05, 3.63) is 41.6 Å². The molecule has 1 aromatic carbocycles. The molecule has 0 saturated carbocycles. The Balaban J connectivity index is 1.46. The Morgan fingerprint density at radius 2 is 2.12 bits per heavy atom. The molecular weight excluding hydrogens is 312 g/mol. The Kier molecular flexibility index (Phi) is 4.34. The van der Waals surface area contributed by atoms with Gasteiger partial charge in [0, 0.05) is 30.7 Å². The van der Waals surface area contributed by atoms with Gasteiger partial charge in [-0.1, -0.05) is 30.2 Å². The van der Waals surface area contributed by atoms with Crippen LogP contribution in [0.3, 0.4) is 0 Å². The molecule has 5 heteroatoms. The smallest absolute Gasteiger partial charge is 0.257 e. The number of carbonyl (C=O) groups is 1. The van der Waals surface area contributed by atoms with E-state index in [9.17, 15) is 4.79 Å². The predicted octanol–water partition coefficient (Wildman–Crippen LogP) is 3.08. The van der Waals surface area contributed by atoms with E-state index in [2.05, 4.69) is 41.1 Å². The van der Waals surface area contributed by atoms with Crippen molar-refractivity contribution in [1.82, 2.24) is 20.0 Å². The van der Waals surface area contributed by atoms with E-state index >= 15 is 0 Å². The number of likely N-dealkylation sites (tertiary alicyclic amines) is 2. The predicted molar refractivity (Wildman–Crippen MR) is 98.5 cm³/mol. The number of aromatic amines is 1. The van der Waals surface area contributed by atoms with Gasteiger partial charge < -0.3 is 4.90 Å². The summed E-state index contributed by atoms with van der Waals surface area (Å²) in [6.07, 6.45) is 5.57. The number of aryl methyl sites for hydroxylation is 1. The van der Waals surface area contributed by atoms with E-state index in [1.165, 1.54) is 31.4 Å². The van der Waals surface area contributed by atoms with Crippen LogP contribution in [-0.4, -0.2) is 57.6 Å². The van der Waals surface area contributed by atoms with Gasteiger partial charge in [-0.05, 0) is 39.3 Å². The van der Waals surface area contributed by atoms with Gasteiger partial charge in [0.1, 0.15) is 0 Å². The topological polar surface area (TPSA) is 52.2 Å². The summed E-state index contributed by atoms with van der Waals surface area (Å²) in [6, 6.07) is 9.34. The van der Waals surface area contributed by atoms with Gasteiger partial charge in [0.2, 0.25) is 0 Å². The Morgan fingerprint density at radius 3 is 2.88 bits per heavy atom. The monoisotopic (exact) mass is 338 g/mol. The van der Waals surface area contributed by atoms with Crippen LogP contribution in [0.1, 0.15) is 42.1 Å². The molecule has 2 fully saturated rings. The molecule has 25 heavy (non-hydrogen) atoms. The number of piperidine rings is 1. The molecular formula is C20H26N4O. The third kappa shape index (κ3) is 3.09. The van der Waals surface area contributed by atoms with Crippen LogP contribution in [0.15, 0.2) is 30.5 Å². The first-order valence-electron chi connectivity index (χ1n) is 9.29. The van der Waals surface area contributed by atoms with Crippen LogP contribution >= 0.6 is 0 Å². The van der Waals surface area contributed by atoms with Crippen LogP contribution in [-0.2, 0) is 0 Å². The summed E-state index contributed by atoms with van der Waals surface area (Å²) in [5, 5.41) is 7.14. The summed E-state index contributed by atoms with van der Waals surface area (Å²) in [5.41, 5.74) is 3.69. The van der Waals surface area contributed by atoms with Crippen molar-refractivity contribution in [2.45, 2.75) is 45.2 Å². The molecule has 4 rings (SSSR count). The molecule has 0 radical (unpaired) electrons. The third-order valence-corrected chi connectivity index (χ3v) is 5.65. The van der Waals surface area contributed by atoms with E-state index in [1.54, 1.807) is 6.20 Å². The molecule has 0 aliphatic carbocycles. The van der Waals surface area contributed by atoms with Gasteiger partial charge in [0.25, 0.3) is 5.91 Å². The number of nitrogens with one attached hydrogen (secondary N) is 1. The van der Waals surface area contributed by atoms with Crippen LogP contribution in [0.4, 0.5) is 0 Å². The maximum atomic E-state index is 12.9. The van der Waals surface area contributed by atoms with Crippen LogP contribution in [0.2, 0.25) is 0 Å². The van der Waals surface area contributed by atoms with E-state index in [4.69, 9.17) is 0 Å². The first-order chi connectivity index (χ1) is 12.1. The average Bonchev–Trinajstić information content (AvgIpc) is 3.05. The van der Waals surface area contributed by atoms with E-state index in [-0.39, 0.29) is 5.91 Å². The summed E-state index contributed by atoms with van der Waals surface area (Å²) >= 11 is 0. The number of aromatic nitrogens is 2. The highest BCUT2D eigenvalue weighted by atomic mass is 16.2.